The third kappa shape index (κ3) is 4.54. The molecule has 0 aromatic heterocycles. The van der Waals surface area contributed by atoms with Crippen LogP contribution in [0.2, 0.25) is 0 Å². The molecule has 6 nitrogen and oxygen atoms in total. The van der Waals surface area contributed by atoms with Gasteiger partial charge in [0, 0.05) is 44.7 Å². The van der Waals surface area contributed by atoms with E-state index in [1.807, 2.05) is 28.5 Å². The summed E-state index contributed by atoms with van der Waals surface area (Å²) in [6.45, 7) is 10.4. The van der Waals surface area contributed by atoms with Crippen LogP contribution in [0.25, 0.3) is 0 Å². The molecule has 0 radical (unpaired) electrons. The summed E-state index contributed by atoms with van der Waals surface area (Å²) in [6.07, 6.45) is 2.58. The number of halogens is 1. The van der Waals surface area contributed by atoms with E-state index in [1.165, 1.54) is 0 Å². The van der Waals surface area contributed by atoms with Gasteiger partial charge in [0.05, 0.1) is 0 Å². The Morgan fingerprint density at radius 1 is 1.17 bits per heavy atom. The highest BCUT2D eigenvalue weighted by Gasteiger charge is 2.37. The average Bonchev–Trinajstić information content (AvgIpc) is 2.96. The summed E-state index contributed by atoms with van der Waals surface area (Å²) in [4.78, 5) is 30.9. The maximum Gasteiger partial charge on any atom is 0.319 e. The Morgan fingerprint density at radius 2 is 1.75 bits per heavy atom. The van der Waals surface area contributed by atoms with Gasteiger partial charge in [0.1, 0.15) is 0 Å². The van der Waals surface area contributed by atoms with Crippen molar-refractivity contribution in [1.82, 2.24) is 14.7 Å². The third-order valence-electron chi connectivity index (χ3n) is 5.43. The van der Waals surface area contributed by atoms with Crippen LogP contribution in [0, 0.1) is 11.8 Å². The lowest BCUT2D eigenvalue weighted by molar-refractivity contribution is -0.137. The first kappa shape index (κ1) is 21.0. The number of likely N-dealkylation sites (tertiary alicyclic amines) is 2. The number of nitrogens with two attached hydrogens (primary N) is 1. The van der Waals surface area contributed by atoms with Crippen LogP contribution >= 0.6 is 12.4 Å². The second kappa shape index (κ2) is 9.47. The molecule has 140 valence electrons. The van der Waals surface area contributed by atoms with Crippen molar-refractivity contribution in [2.24, 2.45) is 17.6 Å². The van der Waals surface area contributed by atoms with E-state index in [0.717, 1.165) is 38.9 Å². The number of nitrogens with zero attached hydrogens (tertiary/aromatic N) is 3. The maximum absolute atomic E-state index is 12.8. The zero-order chi connectivity index (χ0) is 17.0. The van der Waals surface area contributed by atoms with Gasteiger partial charge in [-0.25, -0.2) is 4.79 Å². The first-order chi connectivity index (χ1) is 11.0. The van der Waals surface area contributed by atoms with Gasteiger partial charge in [-0.3, -0.25) is 4.79 Å². The van der Waals surface area contributed by atoms with Crippen LogP contribution < -0.4 is 5.73 Å². The number of carbonyl (C=O) groups is 2. The van der Waals surface area contributed by atoms with Gasteiger partial charge in [-0.1, -0.05) is 0 Å². The standard InChI is InChI=1S/C17H32N4O2.ClH/c1-4-19(5-2)17(23)20-8-6-15(7-9-20)16(22)21-12-14(11-18)10-13(21)3;/h13-15H,4-12,18H2,1-3H3;1H. The third-order valence-corrected chi connectivity index (χ3v) is 5.43. The quantitative estimate of drug-likeness (QED) is 0.830. The van der Waals surface area contributed by atoms with Crippen molar-refractivity contribution in [2.45, 2.75) is 46.1 Å². The van der Waals surface area contributed by atoms with Gasteiger partial charge in [0.2, 0.25) is 5.91 Å². The molecule has 0 saturated carbocycles. The molecule has 2 rings (SSSR count). The Balaban J connectivity index is 0.00000288. The monoisotopic (exact) mass is 360 g/mol. The van der Waals surface area contributed by atoms with Crippen LogP contribution in [0.3, 0.4) is 0 Å². The molecule has 24 heavy (non-hydrogen) atoms. The fourth-order valence-electron chi connectivity index (χ4n) is 3.87. The predicted molar refractivity (Wildman–Crippen MR) is 98.2 cm³/mol. The minimum Gasteiger partial charge on any atom is -0.339 e. The lowest BCUT2D eigenvalue weighted by Crippen LogP contribution is -2.49. The van der Waals surface area contributed by atoms with E-state index in [4.69, 9.17) is 5.73 Å². The van der Waals surface area contributed by atoms with E-state index < -0.39 is 0 Å². The zero-order valence-electron chi connectivity index (χ0n) is 15.2. The zero-order valence-corrected chi connectivity index (χ0v) is 16.1. The number of amides is 3. The number of hydrogen-bond donors (Lipinski definition) is 1. The van der Waals surface area contributed by atoms with Gasteiger partial charge < -0.3 is 20.4 Å². The van der Waals surface area contributed by atoms with E-state index in [1.54, 1.807) is 0 Å². The molecule has 0 aromatic rings. The van der Waals surface area contributed by atoms with Gasteiger partial charge in [0.15, 0.2) is 0 Å². The lowest BCUT2D eigenvalue weighted by atomic mass is 9.95. The molecule has 0 spiro atoms. The van der Waals surface area contributed by atoms with Crippen LogP contribution in [0.1, 0.15) is 40.0 Å². The van der Waals surface area contributed by atoms with Crippen molar-refractivity contribution in [3.8, 4) is 0 Å². The van der Waals surface area contributed by atoms with E-state index in [-0.39, 0.29) is 30.3 Å². The fraction of sp³-hybridized carbons (Fsp3) is 0.882. The average molecular weight is 361 g/mol. The summed E-state index contributed by atoms with van der Waals surface area (Å²) in [6, 6.07) is 0.407. The Kier molecular flexibility index (Phi) is 8.30. The van der Waals surface area contributed by atoms with Crippen molar-refractivity contribution in [1.29, 1.82) is 0 Å². The number of hydrogen-bond acceptors (Lipinski definition) is 3. The summed E-state index contributed by atoms with van der Waals surface area (Å²) >= 11 is 0. The molecular formula is C17H33ClN4O2. The largest absolute Gasteiger partial charge is 0.339 e. The van der Waals surface area contributed by atoms with E-state index in [9.17, 15) is 9.59 Å². The summed E-state index contributed by atoms with van der Waals surface area (Å²) in [7, 11) is 0. The molecule has 2 heterocycles. The van der Waals surface area contributed by atoms with Crippen LogP contribution in [0.4, 0.5) is 4.79 Å². The Labute approximate surface area is 152 Å². The Bertz CT molecular complexity index is 423. The number of rotatable bonds is 4. The molecule has 2 unspecified atom stereocenters. The van der Waals surface area contributed by atoms with Crippen molar-refractivity contribution in [2.75, 3.05) is 39.3 Å². The van der Waals surface area contributed by atoms with Gasteiger partial charge in [-0.15, -0.1) is 12.4 Å². The van der Waals surface area contributed by atoms with E-state index >= 15 is 0 Å². The van der Waals surface area contributed by atoms with Crippen LogP contribution in [0.5, 0.6) is 0 Å². The van der Waals surface area contributed by atoms with E-state index in [2.05, 4.69) is 6.92 Å². The van der Waals surface area contributed by atoms with Gasteiger partial charge in [-0.2, -0.15) is 0 Å². The molecule has 2 N–H and O–H groups in total. The molecule has 3 amide bonds. The smallest absolute Gasteiger partial charge is 0.319 e. The Hall–Kier alpha value is -1.01. The van der Waals surface area contributed by atoms with Crippen molar-refractivity contribution in [3.63, 3.8) is 0 Å². The molecule has 2 aliphatic rings. The molecule has 2 fully saturated rings. The number of carbonyl (C=O) groups excluding carboxylic acids is 2. The molecule has 2 atom stereocenters. The van der Waals surface area contributed by atoms with Gasteiger partial charge >= 0.3 is 6.03 Å². The summed E-state index contributed by atoms with van der Waals surface area (Å²) < 4.78 is 0. The summed E-state index contributed by atoms with van der Waals surface area (Å²) in [5.74, 6) is 0.774. The predicted octanol–water partition coefficient (Wildman–Crippen LogP) is 1.78. The van der Waals surface area contributed by atoms with Crippen molar-refractivity contribution >= 4 is 24.3 Å². The molecule has 7 heteroatoms. The molecule has 0 aliphatic carbocycles. The second-order valence-corrected chi connectivity index (χ2v) is 6.89. The minimum absolute atomic E-state index is 0. The number of urea groups is 1. The van der Waals surface area contributed by atoms with Crippen molar-refractivity contribution in [3.05, 3.63) is 0 Å². The summed E-state index contributed by atoms with van der Waals surface area (Å²) in [5, 5.41) is 0. The summed E-state index contributed by atoms with van der Waals surface area (Å²) in [5.41, 5.74) is 5.76. The maximum atomic E-state index is 12.8. The van der Waals surface area contributed by atoms with Crippen LogP contribution in [0.15, 0.2) is 0 Å². The number of piperidine rings is 1. The first-order valence-electron chi connectivity index (χ1n) is 9.06. The van der Waals surface area contributed by atoms with Crippen LogP contribution in [-0.4, -0.2) is 71.9 Å². The van der Waals surface area contributed by atoms with Crippen molar-refractivity contribution < 1.29 is 9.59 Å². The molecule has 0 bridgehead atoms. The topological polar surface area (TPSA) is 69.9 Å². The lowest BCUT2D eigenvalue weighted by Gasteiger charge is -2.36. The SMILES string of the molecule is CCN(CC)C(=O)N1CCC(C(=O)N2CC(CN)CC2C)CC1.Cl. The van der Waals surface area contributed by atoms with E-state index in [0.29, 0.717) is 31.6 Å². The molecule has 2 aliphatic heterocycles. The highest BCUT2D eigenvalue weighted by molar-refractivity contribution is 5.85. The van der Waals surface area contributed by atoms with Gasteiger partial charge in [0.25, 0.3) is 0 Å². The highest BCUT2D eigenvalue weighted by Crippen LogP contribution is 2.27. The normalized spacial score (nSPS) is 24.7. The molecule has 2 saturated heterocycles. The second-order valence-electron chi connectivity index (χ2n) is 6.89. The van der Waals surface area contributed by atoms with Crippen LogP contribution in [-0.2, 0) is 4.79 Å². The minimum atomic E-state index is 0. The molecule has 0 aromatic carbocycles. The Morgan fingerprint density at radius 3 is 2.21 bits per heavy atom. The highest BCUT2D eigenvalue weighted by atomic mass is 35.5. The molecular weight excluding hydrogens is 328 g/mol. The van der Waals surface area contributed by atoms with Gasteiger partial charge in [-0.05, 0) is 52.5 Å². The fourth-order valence-corrected chi connectivity index (χ4v) is 3.87. The first-order valence-corrected chi connectivity index (χ1v) is 9.06.